The molecule has 25 heavy (non-hydrogen) atoms. The van der Waals surface area contributed by atoms with E-state index in [-0.39, 0.29) is 12.1 Å². The molecule has 0 aromatic heterocycles. The van der Waals surface area contributed by atoms with Crippen molar-refractivity contribution < 1.29 is 18.7 Å². The van der Waals surface area contributed by atoms with Gasteiger partial charge in [-0.2, -0.15) is 0 Å². The quantitative estimate of drug-likeness (QED) is 0.671. The van der Waals surface area contributed by atoms with E-state index in [4.69, 9.17) is 4.74 Å². The van der Waals surface area contributed by atoms with Crippen molar-refractivity contribution in [2.75, 3.05) is 13.7 Å². The van der Waals surface area contributed by atoms with E-state index < -0.39 is 17.6 Å². The van der Waals surface area contributed by atoms with Crippen molar-refractivity contribution in [3.05, 3.63) is 72.1 Å². The van der Waals surface area contributed by atoms with Crippen LogP contribution in [0.3, 0.4) is 0 Å². The van der Waals surface area contributed by atoms with Crippen LogP contribution in [0, 0.1) is 5.82 Å². The summed E-state index contributed by atoms with van der Waals surface area (Å²) in [5.41, 5.74) is 6.47. The number of nitrogens with one attached hydrogen (secondary N) is 3. The van der Waals surface area contributed by atoms with E-state index in [1.807, 2.05) is 0 Å². The first-order chi connectivity index (χ1) is 12.0. The first kappa shape index (κ1) is 18.0. The molecule has 2 aromatic carbocycles. The van der Waals surface area contributed by atoms with E-state index in [1.165, 1.54) is 18.2 Å². The van der Waals surface area contributed by atoms with Crippen LogP contribution in [-0.4, -0.2) is 25.5 Å². The third-order valence-corrected chi connectivity index (χ3v) is 3.29. The van der Waals surface area contributed by atoms with E-state index >= 15 is 0 Å². The largest absolute Gasteiger partial charge is 0.497 e. The molecular weight excluding hydrogens is 325 g/mol. The number of methoxy groups -OCH3 is 1. The molecule has 2 amide bonds. The predicted octanol–water partition coefficient (Wildman–Crippen LogP) is 1.86. The maximum Gasteiger partial charge on any atom is 0.257 e. The fraction of sp³-hybridized carbons (Fsp3) is 0.111. The molecule has 130 valence electrons. The van der Waals surface area contributed by atoms with Crippen LogP contribution in [0.4, 0.5) is 4.39 Å². The fourth-order valence-electron chi connectivity index (χ4n) is 1.95. The van der Waals surface area contributed by atoms with Crippen LogP contribution in [0.2, 0.25) is 0 Å². The van der Waals surface area contributed by atoms with Gasteiger partial charge in [0.05, 0.1) is 19.4 Å². The van der Waals surface area contributed by atoms with Gasteiger partial charge in [-0.1, -0.05) is 12.6 Å². The summed E-state index contributed by atoms with van der Waals surface area (Å²) in [6.45, 7) is 3.54. The molecule has 6 nitrogen and oxygen atoms in total. The van der Waals surface area contributed by atoms with Gasteiger partial charge in [0.2, 0.25) is 0 Å². The van der Waals surface area contributed by atoms with Crippen LogP contribution >= 0.6 is 0 Å². The number of benzene rings is 2. The Morgan fingerprint density at radius 3 is 2.44 bits per heavy atom. The molecular formula is C18H18FN3O3. The second-order valence-electron chi connectivity index (χ2n) is 5.07. The smallest absolute Gasteiger partial charge is 0.257 e. The molecule has 0 aliphatic heterocycles. The summed E-state index contributed by atoms with van der Waals surface area (Å²) >= 11 is 0. The molecule has 7 heteroatoms. The number of carbonyl (C=O) groups excluding carboxylic acids is 2. The second-order valence-corrected chi connectivity index (χ2v) is 5.07. The van der Waals surface area contributed by atoms with Crippen LogP contribution in [0.1, 0.15) is 15.9 Å². The van der Waals surface area contributed by atoms with Gasteiger partial charge in [0.15, 0.2) is 0 Å². The number of carbonyl (C=O) groups is 2. The molecule has 0 saturated heterocycles. The van der Waals surface area contributed by atoms with Crippen LogP contribution in [0.5, 0.6) is 5.75 Å². The van der Waals surface area contributed by atoms with Gasteiger partial charge in [0.25, 0.3) is 11.8 Å². The molecule has 0 spiro atoms. The third-order valence-electron chi connectivity index (χ3n) is 3.29. The average molecular weight is 343 g/mol. The normalized spacial score (nSPS) is 9.84. The highest BCUT2D eigenvalue weighted by atomic mass is 19.1. The first-order valence-electron chi connectivity index (χ1n) is 7.41. The molecule has 0 atom stereocenters. The van der Waals surface area contributed by atoms with E-state index in [1.54, 1.807) is 31.4 Å². The monoisotopic (exact) mass is 343 g/mol. The molecule has 0 aliphatic rings. The van der Waals surface area contributed by atoms with Crippen LogP contribution < -0.4 is 20.9 Å². The number of amides is 2. The number of hydrogen-bond donors (Lipinski definition) is 3. The number of hydrazine groups is 1. The number of hydrogen-bond acceptors (Lipinski definition) is 4. The van der Waals surface area contributed by atoms with Crippen molar-refractivity contribution in [3.63, 3.8) is 0 Å². The summed E-state index contributed by atoms with van der Waals surface area (Å²) in [7, 11) is 1.57. The maximum absolute atomic E-state index is 13.1. The van der Waals surface area contributed by atoms with Gasteiger partial charge in [0, 0.05) is 5.56 Å². The highest BCUT2D eigenvalue weighted by Crippen LogP contribution is 2.15. The van der Waals surface area contributed by atoms with Crippen molar-refractivity contribution in [3.8, 4) is 5.75 Å². The molecule has 2 rings (SSSR count). The molecule has 0 aliphatic carbocycles. The summed E-state index contributed by atoms with van der Waals surface area (Å²) in [5.74, 6) is -0.821. The molecule has 0 radical (unpaired) electrons. The highest BCUT2D eigenvalue weighted by Gasteiger charge is 2.09. The van der Waals surface area contributed by atoms with E-state index in [9.17, 15) is 14.0 Å². The number of halogens is 1. The maximum atomic E-state index is 13.1. The van der Waals surface area contributed by atoms with Gasteiger partial charge in [-0.3, -0.25) is 20.4 Å². The summed E-state index contributed by atoms with van der Waals surface area (Å²) in [6, 6.07) is 12.3. The SMILES string of the molecule is C=C(NNC(=O)CNC(=O)c1cccc(F)c1)c1ccc(OC)cc1. The Balaban J connectivity index is 1.78. The fourth-order valence-corrected chi connectivity index (χ4v) is 1.95. The van der Waals surface area contributed by atoms with E-state index in [2.05, 4.69) is 22.7 Å². The summed E-state index contributed by atoms with van der Waals surface area (Å²) in [6.07, 6.45) is 0. The Bertz CT molecular complexity index is 775. The zero-order chi connectivity index (χ0) is 18.2. The lowest BCUT2D eigenvalue weighted by molar-refractivity contribution is -0.120. The van der Waals surface area contributed by atoms with Gasteiger partial charge < -0.3 is 10.1 Å². The van der Waals surface area contributed by atoms with E-state index in [0.29, 0.717) is 11.4 Å². The highest BCUT2D eigenvalue weighted by molar-refractivity contribution is 5.96. The van der Waals surface area contributed by atoms with Crippen molar-refractivity contribution in [1.29, 1.82) is 0 Å². The Morgan fingerprint density at radius 2 is 1.80 bits per heavy atom. The van der Waals surface area contributed by atoms with Gasteiger partial charge in [-0.25, -0.2) is 4.39 Å². The zero-order valence-electron chi connectivity index (χ0n) is 13.6. The molecule has 0 heterocycles. The third kappa shape index (κ3) is 5.35. The standard InChI is InChI=1S/C18H18FN3O3/c1-12(13-6-8-16(25-2)9-7-13)21-22-17(23)11-20-18(24)14-4-3-5-15(19)10-14/h3-10,21H,1,11H2,2H3,(H,20,24)(H,22,23). The Hall–Kier alpha value is -3.35. The summed E-state index contributed by atoms with van der Waals surface area (Å²) < 4.78 is 18.1. The van der Waals surface area contributed by atoms with Gasteiger partial charge >= 0.3 is 0 Å². The van der Waals surface area contributed by atoms with Crippen molar-refractivity contribution in [2.45, 2.75) is 0 Å². The summed E-state index contributed by atoms with van der Waals surface area (Å²) in [4.78, 5) is 23.6. The lowest BCUT2D eigenvalue weighted by atomic mass is 10.2. The van der Waals surface area contributed by atoms with Gasteiger partial charge in [-0.15, -0.1) is 0 Å². The van der Waals surface area contributed by atoms with Crippen LogP contribution in [0.25, 0.3) is 5.70 Å². The average Bonchev–Trinajstić information content (AvgIpc) is 2.64. The Kier molecular flexibility index (Phi) is 6.11. The molecule has 3 N–H and O–H groups in total. The predicted molar refractivity (Wildman–Crippen MR) is 92.0 cm³/mol. The Morgan fingerprint density at radius 1 is 1.08 bits per heavy atom. The number of ether oxygens (including phenoxy) is 1. The van der Waals surface area contributed by atoms with Crippen molar-refractivity contribution in [2.24, 2.45) is 0 Å². The molecule has 2 aromatic rings. The first-order valence-corrected chi connectivity index (χ1v) is 7.41. The van der Waals surface area contributed by atoms with E-state index in [0.717, 1.165) is 11.6 Å². The minimum Gasteiger partial charge on any atom is -0.497 e. The number of rotatable bonds is 7. The lowest BCUT2D eigenvalue weighted by Crippen LogP contribution is -2.42. The lowest BCUT2D eigenvalue weighted by Gasteiger charge is -2.12. The topological polar surface area (TPSA) is 79.5 Å². The van der Waals surface area contributed by atoms with Crippen LogP contribution in [0.15, 0.2) is 55.1 Å². The summed E-state index contributed by atoms with van der Waals surface area (Å²) in [5, 5.41) is 2.40. The zero-order valence-corrected chi connectivity index (χ0v) is 13.6. The minimum atomic E-state index is -0.538. The van der Waals surface area contributed by atoms with Crippen molar-refractivity contribution in [1.82, 2.24) is 16.2 Å². The molecule has 0 unspecified atom stereocenters. The molecule has 0 saturated carbocycles. The minimum absolute atomic E-state index is 0.142. The Labute approximate surface area is 144 Å². The van der Waals surface area contributed by atoms with Gasteiger partial charge in [0.1, 0.15) is 11.6 Å². The molecule has 0 fully saturated rings. The van der Waals surface area contributed by atoms with Crippen LogP contribution in [-0.2, 0) is 4.79 Å². The molecule has 0 bridgehead atoms. The van der Waals surface area contributed by atoms with Gasteiger partial charge in [-0.05, 0) is 48.0 Å². The second kappa shape index (κ2) is 8.49. The van der Waals surface area contributed by atoms with Crippen molar-refractivity contribution >= 4 is 17.5 Å².